The predicted octanol–water partition coefficient (Wildman–Crippen LogP) is 1.78. The maximum Gasteiger partial charge on any atom is 0.295 e. The molecule has 1 N–H and O–H groups in total. The number of rotatable bonds is 5. The Balaban J connectivity index is 2.08. The van der Waals surface area contributed by atoms with Gasteiger partial charge in [0.05, 0.1) is 0 Å². The van der Waals surface area contributed by atoms with E-state index in [2.05, 4.69) is 29.1 Å². The molecule has 0 aromatic carbocycles. The van der Waals surface area contributed by atoms with E-state index in [0.717, 1.165) is 25.6 Å². The highest BCUT2D eigenvalue weighted by Crippen LogP contribution is 2.21. The van der Waals surface area contributed by atoms with Gasteiger partial charge in [-0.1, -0.05) is 25.2 Å². The van der Waals surface area contributed by atoms with E-state index in [0.29, 0.717) is 0 Å². The number of hydrogen-bond donors (Lipinski definition) is 1. The number of nitrogens with zero attached hydrogens (tertiary/aromatic N) is 1. The van der Waals surface area contributed by atoms with Gasteiger partial charge in [0.2, 0.25) is 0 Å². The van der Waals surface area contributed by atoms with E-state index in [-0.39, 0.29) is 5.91 Å². The fourth-order valence-corrected chi connectivity index (χ4v) is 2.39. The van der Waals surface area contributed by atoms with Crippen LogP contribution in [-0.4, -0.2) is 37.0 Å². The van der Waals surface area contributed by atoms with Crippen LogP contribution in [0.4, 0.5) is 0 Å². The second-order valence-corrected chi connectivity index (χ2v) is 4.76. The Kier molecular flexibility index (Phi) is 6.73. The highest BCUT2D eigenvalue weighted by molar-refractivity contribution is 5.93. The summed E-state index contributed by atoms with van der Waals surface area (Å²) in [4.78, 5) is 13.5. The van der Waals surface area contributed by atoms with Crippen LogP contribution in [0.25, 0.3) is 0 Å². The van der Waals surface area contributed by atoms with E-state index in [1.165, 1.54) is 32.1 Å². The molecule has 0 radical (unpaired) electrons. The molecule has 3 nitrogen and oxygen atoms in total. The Morgan fingerprint density at radius 1 is 1.35 bits per heavy atom. The third kappa shape index (κ3) is 5.74. The minimum absolute atomic E-state index is 0.159. The SMILES string of the molecule is CC#CC(=O)NCCCN(C)C1CCCCC1. The van der Waals surface area contributed by atoms with Gasteiger partial charge in [-0.25, -0.2) is 0 Å². The summed E-state index contributed by atoms with van der Waals surface area (Å²) >= 11 is 0. The van der Waals surface area contributed by atoms with Gasteiger partial charge >= 0.3 is 0 Å². The van der Waals surface area contributed by atoms with Gasteiger partial charge in [0.15, 0.2) is 0 Å². The lowest BCUT2D eigenvalue weighted by molar-refractivity contribution is -0.115. The van der Waals surface area contributed by atoms with Crippen molar-refractivity contribution in [1.82, 2.24) is 10.2 Å². The molecule has 0 saturated heterocycles. The summed E-state index contributed by atoms with van der Waals surface area (Å²) in [6, 6.07) is 0.759. The molecule has 0 unspecified atom stereocenters. The molecule has 1 fully saturated rings. The Morgan fingerprint density at radius 2 is 2.06 bits per heavy atom. The van der Waals surface area contributed by atoms with Crippen molar-refractivity contribution in [2.24, 2.45) is 0 Å². The Hall–Kier alpha value is -1.01. The Morgan fingerprint density at radius 3 is 2.71 bits per heavy atom. The Labute approximate surface area is 105 Å². The quantitative estimate of drug-likeness (QED) is 0.583. The fourth-order valence-electron chi connectivity index (χ4n) is 2.39. The van der Waals surface area contributed by atoms with Gasteiger partial charge in [-0.2, -0.15) is 0 Å². The lowest BCUT2D eigenvalue weighted by atomic mass is 9.94. The molecule has 0 aromatic heterocycles. The lowest BCUT2D eigenvalue weighted by Gasteiger charge is -2.31. The van der Waals surface area contributed by atoms with E-state index in [1.54, 1.807) is 6.92 Å². The summed E-state index contributed by atoms with van der Waals surface area (Å²) in [6.45, 7) is 3.46. The van der Waals surface area contributed by atoms with E-state index < -0.39 is 0 Å². The van der Waals surface area contributed by atoms with Crippen LogP contribution in [0.3, 0.4) is 0 Å². The molecule has 0 bridgehead atoms. The summed E-state index contributed by atoms with van der Waals surface area (Å²) in [6.07, 6.45) is 7.82. The first-order chi connectivity index (χ1) is 8.24. The first-order valence-electron chi connectivity index (χ1n) is 6.65. The zero-order valence-electron chi connectivity index (χ0n) is 11.1. The zero-order valence-corrected chi connectivity index (χ0v) is 11.1. The van der Waals surface area contributed by atoms with Crippen molar-refractivity contribution in [2.75, 3.05) is 20.1 Å². The van der Waals surface area contributed by atoms with Crippen molar-refractivity contribution in [3.63, 3.8) is 0 Å². The molecule has 1 rings (SSSR count). The monoisotopic (exact) mass is 236 g/mol. The molecule has 0 heterocycles. The van der Waals surface area contributed by atoms with E-state index >= 15 is 0 Å². The molecular formula is C14H24N2O. The van der Waals surface area contributed by atoms with Crippen LogP contribution in [0, 0.1) is 11.8 Å². The molecule has 1 aliphatic carbocycles. The zero-order chi connectivity index (χ0) is 12.5. The van der Waals surface area contributed by atoms with Crippen LogP contribution < -0.4 is 5.32 Å². The molecule has 0 aliphatic heterocycles. The molecule has 1 saturated carbocycles. The van der Waals surface area contributed by atoms with Crippen molar-refractivity contribution in [3.05, 3.63) is 0 Å². The minimum atomic E-state index is -0.159. The van der Waals surface area contributed by atoms with E-state index in [1.807, 2.05) is 0 Å². The van der Waals surface area contributed by atoms with E-state index in [4.69, 9.17) is 0 Å². The lowest BCUT2D eigenvalue weighted by Crippen LogP contribution is -2.35. The summed E-state index contributed by atoms with van der Waals surface area (Å²) in [5.41, 5.74) is 0. The Bertz CT molecular complexity index is 284. The van der Waals surface area contributed by atoms with Crippen LogP contribution >= 0.6 is 0 Å². The van der Waals surface area contributed by atoms with Crippen molar-refractivity contribution >= 4 is 5.91 Å². The normalized spacial score (nSPS) is 16.4. The average molecular weight is 236 g/mol. The molecule has 0 atom stereocenters. The molecule has 96 valence electrons. The summed E-state index contributed by atoms with van der Waals surface area (Å²) in [5, 5.41) is 2.80. The molecule has 1 amide bonds. The van der Waals surface area contributed by atoms with Gasteiger partial charge < -0.3 is 10.2 Å². The number of carbonyl (C=O) groups excluding carboxylic acids is 1. The highest BCUT2D eigenvalue weighted by Gasteiger charge is 2.17. The van der Waals surface area contributed by atoms with Crippen molar-refractivity contribution in [3.8, 4) is 11.8 Å². The van der Waals surface area contributed by atoms with Crippen molar-refractivity contribution in [2.45, 2.75) is 51.5 Å². The first-order valence-corrected chi connectivity index (χ1v) is 6.65. The third-order valence-electron chi connectivity index (χ3n) is 3.41. The van der Waals surface area contributed by atoms with Crippen LogP contribution in [0.2, 0.25) is 0 Å². The molecule has 0 spiro atoms. The minimum Gasteiger partial charge on any atom is -0.345 e. The number of nitrogens with one attached hydrogen (secondary N) is 1. The molecule has 3 heteroatoms. The summed E-state index contributed by atoms with van der Waals surface area (Å²) < 4.78 is 0. The van der Waals surface area contributed by atoms with Gasteiger partial charge in [0.25, 0.3) is 5.91 Å². The molecular weight excluding hydrogens is 212 g/mol. The second-order valence-electron chi connectivity index (χ2n) is 4.76. The van der Waals surface area contributed by atoms with Gasteiger partial charge in [-0.15, -0.1) is 0 Å². The average Bonchev–Trinajstić information content (AvgIpc) is 2.36. The maximum absolute atomic E-state index is 11.1. The molecule has 17 heavy (non-hydrogen) atoms. The number of hydrogen-bond acceptors (Lipinski definition) is 2. The number of carbonyl (C=O) groups is 1. The van der Waals surface area contributed by atoms with Gasteiger partial charge in [0, 0.05) is 12.6 Å². The largest absolute Gasteiger partial charge is 0.345 e. The van der Waals surface area contributed by atoms with Crippen LogP contribution in [-0.2, 0) is 4.79 Å². The second kappa shape index (κ2) is 8.14. The van der Waals surface area contributed by atoms with E-state index in [9.17, 15) is 4.79 Å². The highest BCUT2D eigenvalue weighted by atomic mass is 16.1. The number of amides is 1. The summed E-state index contributed by atoms with van der Waals surface area (Å²) in [7, 11) is 2.20. The third-order valence-corrected chi connectivity index (χ3v) is 3.41. The van der Waals surface area contributed by atoms with Crippen molar-refractivity contribution < 1.29 is 4.79 Å². The van der Waals surface area contributed by atoms with Crippen LogP contribution in [0.15, 0.2) is 0 Å². The molecule has 1 aliphatic rings. The topological polar surface area (TPSA) is 32.3 Å². The predicted molar refractivity (Wildman–Crippen MR) is 70.6 cm³/mol. The van der Waals surface area contributed by atoms with Crippen LogP contribution in [0.1, 0.15) is 45.4 Å². The first kappa shape index (κ1) is 14.1. The van der Waals surface area contributed by atoms with Gasteiger partial charge in [-0.3, -0.25) is 4.79 Å². The van der Waals surface area contributed by atoms with Crippen molar-refractivity contribution in [1.29, 1.82) is 0 Å². The van der Waals surface area contributed by atoms with Gasteiger partial charge in [0.1, 0.15) is 0 Å². The smallest absolute Gasteiger partial charge is 0.295 e. The molecule has 0 aromatic rings. The van der Waals surface area contributed by atoms with Gasteiger partial charge in [-0.05, 0) is 45.7 Å². The van der Waals surface area contributed by atoms with Crippen LogP contribution in [0.5, 0.6) is 0 Å². The standard InChI is InChI=1S/C14H24N2O/c1-3-8-14(17)15-11-7-12-16(2)13-9-5-4-6-10-13/h13H,4-7,9-12H2,1-2H3,(H,15,17). The fraction of sp³-hybridized carbons (Fsp3) is 0.786. The maximum atomic E-state index is 11.1. The summed E-state index contributed by atoms with van der Waals surface area (Å²) in [5.74, 6) is 4.92.